The van der Waals surface area contributed by atoms with Crippen molar-refractivity contribution in [3.05, 3.63) is 0 Å². The lowest BCUT2D eigenvalue weighted by molar-refractivity contribution is -0.138. The standard InChI is InChI=1S/C14H26F2N4O.HI/c1-4-17-13(18-9-11(15)16)19-10-14(7-5-6-8-14)12(21)20(2)3;/h11H,4-10H2,1-3H3,(H2,17,18,19);1H. The molecule has 1 aliphatic rings. The lowest BCUT2D eigenvalue weighted by Crippen LogP contribution is -2.43. The van der Waals surface area contributed by atoms with Crippen molar-refractivity contribution in [3.63, 3.8) is 0 Å². The smallest absolute Gasteiger partial charge is 0.255 e. The van der Waals surface area contributed by atoms with Crippen molar-refractivity contribution in [3.8, 4) is 0 Å². The van der Waals surface area contributed by atoms with Gasteiger partial charge in [-0.15, -0.1) is 24.0 Å². The molecule has 0 aromatic heterocycles. The van der Waals surface area contributed by atoms with Crippen LogP contribution in [-0.4, -0.2) is 56.9 Å². The zero-order valence-electron chi connectivity index (χ0n) is 13.5. The lowest BCUT2D eigenvalue weighted by Gasteiger charge is -2.29. The number of carbonyl (C=O) groups is 1. The zero-order valence-corrected chi connectivity index (χ0v) is 15.8. The molecule has 130 valence electrons. The Kier molecular flexibility index (Phi) is 9.86. The van der Waals surface area contributed by atoms with Crippen LogP contribution in [0, 0.1) is 5.41 Å². The molecule has 0 atom stereocenters. The first kappa shape index (κ1) is 21.3. The molecule has 0 aromatic rings. The summed E-state index contributed by atoms with van der Waals surface area (Å²) < 4.78 is 24.6. The summed E-state index contributed by atoms with van der Waals surface area (Å²) in [4.78, 5) is 18.4. The predicted octanol–water partition coefficient (Wildman–Crippen LogP) is 2.07. The van der Waals surface area contributed by atoms with Crippen LogP contribution in [0.2, 0.25) is 0 Å². The predicted molar refractivity (Wildman–Crippen MR) is 95.0 cm³/mol. The Bertz CT molecular complexity index is 372. The molecule has 1 saturated carbocycles. The number of alkyl halides is 2. The van der Waals surface area contributed by atoms with Crippen molar-refractivity contribution in [2.45, 2.75) is 39.0 Å². The molecule has 1 aliphatic carbocycles. The van der Waals surface area contributed by atoms with E-state index in [0.29, 0.717) is 19.0 Å². The highest BCUT2D eigenvalue weighted by atomic mass is 127. The number of guanidine groups is 1. The third-order valence-corrected chi connectivity index (χ3v) is 3.73. The Hall–Kier alpha value is -0.670. The van der Waals surface area contributed by atoms with Crippen molar-refractivity contribution in [2.24, 2.45) is 10.4 Å². The number of rotatable bonds is 6. The number of hydrogen-bond acceptors (Lipinski definition) is 2. The van der Waals surface area contributed by atoms with Crippen LogP contribution >= 0.6 is 24.0 Å². The van der Waals surface area contributed by atoms with Gasteiger partial charge in [0.15, 0.2) is 5.96 Å². The van der Waals surface area contributed by atoms with Gasteiger partial charge in [0.2, 0.25) is 5.91 Å². The topological polar surface area (TPSA) is 56.7 Å². The minimum atomic E-state index is -2.43. The maximum atomic E-state index is 12.4. The van der Waals surface area contributed by atoms with E-state index in [1.807, 2.05) is 6.92 Å². The van der Waals surface area contributed by atoms with E-state index in [4.69, 9.17) is 0 Å². The van der Waals surface area contributed by atoms with Gasteiger partial charge in [-0.05, 0) is 19.8 Å². The summed E-state index contributed by atoms with van der Waals surface area (Å²) in [6.45, 7) is 2.35. The van der Waals surface area contributed by atoms with Crippen LogP contribution in [0.3, 0.4) is 0 Å². The summed E-state index contributed by atoms with van der Waals surface area (Å²) >= 11 is 0. The highest BCUT2D eigenvalue weighted by molar-refractivity contribution is 14.0. The van der Waals surface area contributed by atoms with Gasteiger partial charge in [-0.25, -0.2) is 8.78 Å². The molecule has 0 aromatic carbocycles. The second kappa shape index (κ2) is 10.2. The number of amides is 1. The van der Waals surface area contributed by atoms with Gasteiger partial charge >= 0.3 is 0 Å². The summed E-state index contributed by atoms with van der Waals surface area (Å²) in [5, 5.41) is 5.52. The molecule has 2 N–H and O–H groups in total. The Morgan fingerprint density at radius 3 is 2.32 bits per heavy atom. The lowest BCUT2D eigenvalue weighted by atomic mass is 9.85. The molecule has 1 rings (SSSR count). The van der Waals surface area contributed by atoms with Crippen LogP contribution in [0.5, 0.6) is 0 Å². The van der Waals surface area contributed by atoms with Gasteiger partial charge in [0, 0.05) is 20.6 Å². The van der Waals surface area contributed by atoms with Crippen LogP contribution < -0.4 is 10.6 Å². The number of carbonyl (C=O) groups excluding carboxylic acids is 1. The van der Waals surface area contributed by atoms with Gasteiger partial charge in [0.1, 0.15) is 0 Å². The first-order valence-corrected chi connectivity index (χ1v) is 7.43. The molecule has 5 nitrogen and oxygen atoms in total. The van der Waals surface area contributed by atoms with Crippen LogP contribution in [-0.2, 0) is 4.79 Å². The number of halogens is 3. The van der Waals surface area contributed by atoms with Crippen molar-refractivity contribution in [2.75, 3.05) is 33.7 Å². The summed E-state index contributed by atoms with van der Waals surface area (Å²) in [6, 6.07) is 0. The van der Waals surface area contributed by atoms with E-state index in [1.54, 1.807) is 19.0 Å². The van der Waals surface area contributed by atoms with E-state index in [-0.39, 0.29) is 29.9 Å². The molecule has 0 saturated heterocycles. The Morgan fingerprint density at radius 2 is 1.86 bits per heavy atom. The Balaban J connectivity index is 0.00000441. The minimum absolute atomic E-state index is 0. The van der Waals surface area contributed by atoms with Gasteiger partial charge in [-0.3, -0.25) is 9.79 Å². The zero-order chi connectivity index (χ0) is 15.9. The maximum Gasteiger partial charge on any atom is 0.255 e. The maximum absolute atomic E-state index is 12.4. The van der Waals surface area contributed by atoms with E-state index >= 15 is 0 Å². The Labute approximate surface area is 148 Å². The molecule has 0 radical (unpaired) electrons. The third kappa shape index (κ3) is 6.21. The monoisotopic (exact) mass is 432 g/mol. The average molecular weight is 432 g/mol. The molecular formula is C14H27F2IN4O. The van der Waals surface area contributed by atoms with E-state index in [0.717, 1.165) is 25.7 Å². The minimum Gasteiger partial charge on any atom is -0.357 e. The fourth-order valence-corrected chi connectivity index (χ4v) is 2.71. The van der Waals surface area contributed by atoms with E-state index < -0.39 is 18.4 Å². The molecule has 0 heterocycles. The summed E-state index contributed by atoms with van der Waals surface area (Å²) in [5.74, 6) is 0.420. The molecule has 8 heteroatoms. The van der Waals surface area contributed by atoms with E-state index in [1.165, 1.54) is 0 Å². The fourth-order valence-electron chi connectivity index (χ4n) is 2.71. The summed E-state index contributed by atoms with van der Waals surface area (Å²) in [7, 11) is 3.48. The molecule has 0 aliphatic heterocycles. The summed E-state index contributed by atoms with van der Waals surface area (Å²) in [5.41, 5.74) is -0.476. The molecule has 0 bridgehead atoms. The number of aliphatic imine (C=N–C) groups is 1. The van der Waals surface area contributed by atoms with Gasteiger partial charge in [0.05, 0.1) is 18.5 Å². The third-order valence-electron chi connectivity index (χ3n) is 3.73. The van der Waals surface area contributed by atoms with Crippen LogP contribution in [0.15, 0.2) is 4.99 Å². The fraction of sp³-hybridized carbons (Fsp3) is 0.857. The van der Waals surface area contributed by atoms with Crippen molar-refractivity contribution < 1.29 is 13.6 Å². The second-order valence-corrected chi connectivity index (χ2v) is 5.65. The van der Waals surface area contributed by atoms with Gasteiger partial charge in [-0.1, -0.05) is 12.8 Å². The van der Waals surface area contributed by atoms with Crippen molar-refractivity contribution in [1.29, 1.82) is 0 Å². The first-order valence-electron chi connectivity index (χ1n) is 7.43. The van der Waals surface area contributed by atoms with Gasteiger partial charge < -0.3 is 15.5 Å². The number of nitrogens with one attached hydrogen (secondary N) is 2. The Morgan fingerprint density at radius 1 is 1.27 bits per heavy atom. The second-order valence-electron chi connectivity index (χ2n) is 5.65. The van der Waals surface area contributed by atoms with Crippen molar-refractivity contribution >= 4 is 35.8 Å². The van der Waals surface area contributed by atoms with Crippen molar-refractivity contribution in [1.82, 2.24) is 15.5 Å². The van der Waals surface area contributed by atoms with Crippen LogP contribution in [0.4, 0.5) is 8.78 Å². The highest BCUT2D eigenvalue weighted by Crippen LogP contribution is 2.39. The summed E-state index contributed by atoms with van der Waals surface area (Å²) in [6.07, 6.45) is 1.20. The van der Waals surface area contributed by atoms with Crippen LogP contribution in [0.1, 0.15) is 32.6 Å². The average Bonchev–Trinajstić information content (AvgIpc) is 2.90. The molecule has 1 amide bonds. The quantitative estimate of drug-likeness (QED) is 0.384. The van der Waals surface area contributed by atoms with Gasteiger partial charge in [0.25, 0.3) is 6.43 Å². The van der Waals surface area contributed by atoms with E-state index in [2.05, 4.69) is 15.6 Å². The number of hydrogen-bond donors (Lipinski definition) is 2. The first-order chi connectivity index (χ1) is 9.91. The highest BCUT2D eigenvalue weighted by Gasteiger charge is 2.42. The molecule has 1 fully saturated rings. The SMILES string of the molecule is CCNC(=NCC1(C(=O)N(C)C)CCCC1)NCC(F)F.I. The number of nitrogens with zero attached hydrogens (tertiary/aromatic N) is 2. The van der Waals surface area contributed by atoms with E-state index in [9.17, 15) is 13.6 Å². The van der Waals surface area contributed by atoms with Crippen LogP contribution in [0.25, 0.3) is 0 Å². The normalized spacial score (nSPS) is 17.1. The van der Waals surface area contributed by atoms with Gasteiger partial charge in [-0.2, -0.15) is 0 Å². The molecular weight excluding hydrogens is 405 g/mol. The molecule has 0 spiro atoms. The largest absolute Gasteiger partial charge is 0.357 e. The molecule has 22 heavy (non-hydrogen) atoms. The molecule has 0 unspecified atom stereocenters.